The van der Waals surface area contributed by atoms with Crippen LogP contribution in [0, 0.1) is 0 Å². The second kappa shape index (κ2) is 42.8. The highest BCUT2D eigenvalue weighted by Gasteiger charge is 2.63. The van der Waals surface area contributed by atoms with Crippen molar-refractivity contribution in [1.82, 2.24) is 21.3 Å². The minimum Gasteiger partial charge on any atom is -0.477 e. The van der Waals surface area contributed by atoms with Crippen molar-refractivity contribution in [3.8, 4) is 0 Å². The fraction of sp³-hybridized carbons (Fsp3) is 0.923. The Balaban J connectivity index is 1.09. The molecule has 4 amide bonds. The van der Waals surface area contributed by atoms with Gasteiger partial charge in [0.15, 0.2) is 44.0 Å². The zero-order valence-corrected chi connectivity index (χ0v) is 63.1. The summed E-state index contributed by atoms with van der Waals surface area (Å²) < 4.78 is 93.6. The summed E-state index contributed by atoms with van der Waals surface area (Å²) in [7, 11) is 0. The Labute approximate surface area is 662 Å². The van der Waals surface area contributed by atoms with E-state index in [4.69, 9.17) is 75.8 Å². The van der Waals surface area contributed by atoms with Gasteiger partial charge in [0.1, 0.15) is 201 Å². The molecule has 45 atom stereocenters. The van der Waals surface area contributed by atoms with Gasteiger partial charge in [-0.15, -0.1) is 0 Å². The predicted molar refractivity (Wildman–Crippen MR) is 361 cm³/mol. The quantitative estimate of drug-likeness (QED) is 0.0280. The largest absolute Gasteiger partial charge is 0.477 e. The molecule has 8 aliphatic heterocycles. The van der Waals surface area contributed by atoms with E-state index in [-0.39, 0.29) is 0 Å². The van der Waals surface area contributed by atoms with Crippen molar-refractivity contribution in [2.45, 2.75) is 316 Å². The summed E-state index contributed by atoms with van der Waals surface area (Å²) in [5.41, 5.74) is 0. The zero-order chi connectivity index (χ0) is 87.0. The number of hydrogen-bond donors (Lipinski definition) is 31. The first-order chi connectivity index (χ1) is 55.1. The average Bonchev–Trinajstić information content (AvgIpc) is 0.745. The van der Waals surface area contributed by atoms with Crippen LogP contribution in [0.3, 0.4) is 0 Å². The summed E-state index contributed by atoms with van der Waals surface area (Å²) >= 11 is 0. The Morgan fingerprint density at radius 3 is 1.36 bits per heavy atom. The van der Waals surface area contributed by atoms with E-state index in [0.717, 1.165) is 27.7 Å². The van der Waals surface area contributed by atoms with Crippen molar-refractivity contribution in [2.75, 3.05) is 59.5 Å². The minimum absolute atomic E-state index is 0.854. The van der Waals surface area contributed by atoms with Gasteiger partial charge in [-0.1, -0.05) is 0 Å². The fourth-order valence-corrected chi connectivity index (χ4v) is 14.6. The summed E-state index contributed by atoms with van der Waals surface area (Å²) in [5, 5.41) is 309. The van der Waals surface area contributed by atoms with Crippen molar-refractivity contribution in [1.29, 1.82) is 0 Å². The lowest BCUT2D eigenvalue weighted by Crippen LogP contribution is -2.71. The molecular weight excluding hydrogens is 1600 g/mol. The van der Waals surface area contributed by atoms with Crippen LogP contribution in [-0.4, -0.2) is 502 Å². The van der Waals surface area contributed by atoms with Crippen LogP contribution < -0.4 is 21.3 Å². The SMILES string of the molecule is CC(=O)N[C@H]1[C@H](O[C@@H]([C@H](O)[C@H](CO)NC(C)=O)[C@H](O)CO[C@@H]2O[C@@H](C)[C@@H](O)[C@@H](O)[C@@H]2O)O[C@H](CO)[C@@H](O[C@@H]2O[C@H](CO[C@H]3O[C@H](CO)[C@@H](O)[C@H](O)[C@@H]3O)[C@@H](O)[C@H](O[C@H]3O[C@H](CO)[C@@H](O)[C@H](O)[C@@H]3O[C@@H]3O[C@H](CO)[C@@H](O[C@@H]4O[C@H](CO)[C@H](O)[C@H](O[C@]5(C(=O)O)C[C@H](O)[C@@H](NC(C)=O)[C@H]([C@H](O)[C@H](O)CO)O5)[C@H]4O)[C@H](O)[C@H]3NC(C)=O)[C@@H]2O)[C@@H]1O. The van der Waals surface area contributed by atoms with E-state index in [1.54, 1.807) is 0 Å². The van der Waals surface area contributed by atoms with Crippen molar-refractivity contribution in [3.63, 3.8) is 0 Å². The standard InChI is InChI=1S/C65H110N4O48/c1-16-34(84)43(93)46(96)59(104-16)102-14-24(83)50(35(85)21(7-70)66-17(2)77)111-57-32(68-19(4)79)41(91)51(28(12-75)108-57)112-61-48(98)54(40(90)30(110-61)15-103-60-47(97)44(94)37(87)25(9-72)105-60)114-63-56(45(95)38(88)26(10-73)107-63)115-58-33(69-20(5)80)42(92)52(29(13-76)109-58)113-62-49(99)55(39(89)27(11-74)106-62)117-65(64(100)101)6-22(81)31(67-18(3)78)53(116-65)36(86)23(82)8-71/h16,21-63,70-76,81-99H,6-15H2,1-5H3,(H,66,77)(H,67,78)(H,68,79)(H,69,80)(H,100,101)/t16-,21-,22-,23+,24+,25+,26+,27+,28+,29+,30+,31+,32+,33+,34+,35+,36+,37+,38+,39-,40+,41+,42+,43+,44-,45-,46-,47-,48-,49+,50+,51+,52+,53+,54-,55-,56-,57-,58-,59+,60-,61-,62-,63+,65-/m0/s1. The maximum Gasteiger partial charge on any atom is 0.364 e. The Kier molecular flexibility index (Phi) is 35.9. The molecule has 0 aliphatic carbocycles. The first kappa shape index (κ1) is 98.1. The van der Waals surface area contributed by atoms with Crippen molar-refractivity contribution in [3.05, 3.63) is 0 Å². The first-order valence-corrected chi connectivity index (χ1v) is 37.0. The number of nitrogens with one attached hydrogen (secondary N) is 4. The molecule has 52 heteroatoms. The van der Waals surface area contributed by atoms with Gasteiger partial charge in [0.25, 0.3) is 5.79 Å². The third-order valence-electron chi connectivity index (χ3n) is 20.9. The third kappa shape index (κ3) is 22.4. The van der Waals surface area contributed by atoms with E-state index in [1.165, 1.54) is 6.92 Å². The number of carbonyl (C=O) groups excluding carboxylic acids is 4. The molecule has 0 spiro atoms. The molecule has 8 fully saturated rings. The molecule has 8 aliphatic rings. The number of ether oxygens (including phenoxy) is 16. The van der Waals surface area contributed by atoms with Crippen LogP contribution in [-0.2, 0) is 99.8 Å². The number of carboxylic acids is 1. The fourth-order valence-electron chi connectivity index (χ4n) is 14.6. The van der Waals surface area contributed by atoms with Gasteiger partial charge in [0, 0.05) is 34.1 Å². The number of aliphatic hydroxyl groups excluding tert-OH is 26. The van der Waals surface area contributed by atoms with Crippen LogP contribution >= 0.6 is 0 Å². The number of rotatable bonds is 35. The summed E-state index contributed by atoms with van der Waals surface area (Å²) in [5.74, 6) is -9.24. The molecule has 678 valence electrons. The average molecular weight is 1720 g/mol. The van der Waals surface area contributed by atoms with Gasteiger partial charge in [0.2, 0.25) is 23.6 Å². The number of carbonyl (C=O) groups is 5. The molecular formula is C65H110N4O48. The molecule has 117 heavy (non-hydrogen) atoms. The molecule has 8 heterocycles. The third-order valence-corrected chi connectivity index (χ3v) is 20.9. The Morgan fingerprint density at radius 2 is 0.846 bits per heavy atom. The van der Waals surface area contributed by atoms with Crippen LogP contribution in [0.25, 0.3) is 0 Å². The maximum atomic E-state index is 13.2. The monoisotopic (exact) mass is 1710 g/mol. The maximum absolute atomic E-state index is 13.2. The molecule has 8 saturated heterocycles. The summed E-state index contributed by atoms with van der Waals surface area (Å²) in [6.07, 6.45) is -87.6. The van der Waals surface area contributed by atoms with E-state index in [1.807, 2.05) is 0 Å². The minimum atomic E-state index is -3.30. The Bertz CT molecular complexity index is 3140. The van der Waals surface area contributed by atoms with E-state index in [0.29, 0.717) is 0 Å². The summed E-state index contributed by atoms with van der Waals surface area (Å²) in [4.78, 5) is 63.9. The van der Waals surface area contributed by atoms with Crippen molar-refractivity contribution in [2.24, 2.45) is 0 Å². The van der Waals surface area contributed by atoms with Gasteiger partial charge in [0.05, 0.1) is 83.8 Å². The molecule has 0 bridgehead atoms. The second-order valence-electron chi connectivity index (χ2n) is 29.4. The number of aliphatic carboxylic acids is 1. The molecule has 0 aromatic carbocycles. The van der Waals surface area contributed by atoms with Gasteiger partial charge in [-0.2, -0.15) is 0 Å². The molecule has 0 radical (unpaired) electrons. The van der Waals surface area contributed by atoms with Crippen LogP contribution in [0.5, 0.6) is 0 Å². The van der Waals surface area contributed by atoms with Crippen LogP contribution in [0.1, 0.15) is 41.0 Å². The Hall–Kier alpha value is -4.33. The predicted octanol–water partition coefficient (Wildman–Crippen LogP) is -20.2. The van der Waals surface area contributed by atoms with Crippen LogP contribution in [0.15, 0.2) is 0 Å². The molecule has 52 nitrogen and oxygen atoms in total. The summed E-state index contributed by atoms with van der Waals surface area (Å²) in [6, 6.07) is -7.61. The first-order valence-electron chi connectivity index (χ1n) is 37.0. The number of aliphatic hydroxyl groups is 26. The van der Waals surface area contributed by atoms with Gasteiger partial charge < -0.3 is 235 Å². The van der Waals surface area contributed by atoms with E-state index in [9.17, 15) is 162 Å². The molecule has 31 N–H and O–H groups in total. The molecule has 0 saturated carbocycles. The van der Waals surface area contributed by atoms with Crippen LogP contribution in [0.4, 0.5) is 0 Å². The number of carboxylic acid groups (broad SMARTS) is 1. The van der Waals surface area contributed by atoms with Crippen molar-refractivity contribution >= 4 is 29.6 Å². The number of amides is 4. The van der Waals surface area contributed by atoms with E-state index in [2.05, 4.69) is 21.3 Å². The smallest absolute Gasteiger partial charge is 0.364 e. The number of hydrogen-bond acceptors (Lipinski definition) is 47. The van der Waals surface area contributed by atoms with Gasteiger partial charge in [-0.05, 0) is 6.92 Å². The normalized spacial score (nSPS) is 45.0. The van der Waals surface area contributed by atoms with Gasteiger partial charge in [-0.3, -0.25) is 19.2 Å². The molecule has 0 aromatic heterocycles. The van der Waals surface area contributed by atoms with Crippen LogP contribution in [0.2, 0.25) is 0 Å². The molecule has 8 rings (SSSR count). The highest BCUT2D eigenvalue weighted by molar-refractivity contribution is 5.77. The zero-order valence-electron chi connectivity index (χ0n) is 63.1. The second-order valence-corrected chi connectivity index (χ2v) is 29.4. The highest BCUT2D eigenvalue weighted by atomic mass is 16.8. The van der Waals surface area contributed by atoms with Gasteiger partial charge in [-0.25, -0.2) is 4.79 Å². The molecule has 0 aromatic rings. The summed E-state index contributed by atoms with van der Waals surface area (Å²) in [6.45, 7) is -5.41. The lowest BCUT2D eigenvalue weighted by atomic mass is 9.88. The van der Waals surface area contributed by atoms with Crippen molar-refractivity contribution < 1.29 is 238 Å². The van der Waals surface area contributed by atoms with Gasteiger partial charge >= 0.3 is 5.97 Å². The highest BCUT2D eigenvalue weighted by Crippen LogP contribution is 2.41. The molecule has 0 unspecified atom stereocenters. The lowest BCUT2D eigenvalue weighted by Gasteiger charge is -2.51. The van der Waals surface area contributed by atoms with E-state index >= 15 is 0 Å². The lowest BCUT2D eigenvalue weighted by molar-refractivity contribution is -0.399. The topological polar surface area (TPSA) is 827 Å². The van der Waals surface area contributed by atoms with E-state index < -0.39 is 371 Å². The Morgan fingerprint density at radius 1 is 0.410 bits per heavy atom.